The molecule has 0 fully saturated rings. The maximum Gasteiger partial charge on any atom is 0.267 e. The summed E-state index contributed by atoms with van der Waals surface area (Å²) in [6, 6.07) is 19.5. The maximum atomic E-state index is 13.4. The molecule has 3 rings (SSSR count). The monoisotopic (exact) mass is 498 g/mol. The van der Waals surface area contributed by atoms with E-state index in [-0.39, 0.29) is 24.4 Å². The number of halogens is 2. The Morgan fingerprint density at radius 3 is 2.47 bits per heavy atom. The summed E-state index contributed by atoms with van der Waals surface area (Å²) < 4.78 is 20.1. The first kappa shape index (κ1) is 23.2. The molecule has 0 spiro atoms. The molecule has 0 aliphatic carbocycles. The quantitative estimate of drug-likeness (QED) is 0.405. The van der Waals surface area contributed by atoms with Crippen LogP contribution < -0.4 is 15.4 Å². The molecule has 0 saturated carbocycles. The third-order valence-corrected chi connectivity index (χ3v) is 4.89. The Bertz CT molecular complexity index is 1130. The molecule has 0 saturated heterocycles. The van der Waals surface area contributed by atoms with Crippen LogP contribution >= 0.6 is 15.9 Å². The highest BCUT2D eigenvalue weighted by atomic mass is 79.9. The highest BCUT2D eigenvalue weighted by Crippen LogP contribution is 2.29. The third-order valence-electron chi connectivity index (χ3n) is 4.23. The van der Waals surface area contributed by atoms with Crippen LogP contribution in [0.5, 0.6) is 11.5 Å². The van der Waals surface area contributed by atoms with Crippen molar-refractivity contribution in [3.8, 4) is 11.5 Å². The molecule has 3 aromatic carbocycles. The second kappa shape index (κ2) is 11.2. The van der Waals surface area contributed by atoms with E-state index in [1.54, 1.807) is 24.3 Å². The van der Waals surface area contributed by atoms with Crippen LogP contribution in [-0.2, 0) is 4.79 Å². The molecule has 6 nitrogen and oxygen atoms in total. The number of aliphatic hydroxyl groups is 1. The van der Waals surface area contributed by atoms with Crippen LogP contribution in [0, 0.1) is 5.82 Å². The zero-order valence-electron chi connectivity index (χ0n) is 16.8. The summed E-state index contributed by atoms with van der Waals surface area (Å²) in [5, 5.41) is 14.0. The molecule has 0 heterocycles. The average molecular weight is 499 g/mol. The van der Waals surface area contributed by atoms with E-state index in [0.717, 1.165) is 10.5 Å². The molecule has 8 heteroatoms. The largest absolute Gasteiger partial charge is 0.456 e. The van der Waals surface area contributed by atoms with Crippen molar-refractivity contribution in [2.24, 2.45) is 0 Å². The highest BCUT2D eigenvalue weighted by molar-refractivity contribution is 9.10. The third kappa shape index (κ3) is 6.50. The minimum Gasteiger partial charge on any atom is -0.456 e. The number of aliphatic hydroxyl groups excluding tert-OH is 1. The van der Waals surface area contributed by atoms with E-state index in [9.17, 15) is 14.0 Å². The number of carbonyl (C=O) groups excluding carboxylic acids is 2. The van der Waals surface area contributed by atoms with Gasteiger partial charge in [-0.2, -0.15) is 0 Å². The predicted octanol–water partition coefficient (Wildman–Crippen LogP) is 4.26. The number of para-hydroxylation sites is 1. The zero-order chi connectivity index (χ0) is 22.9. The fraction of sp³-hybridized carbons (Fsp3) is 0.0833. The SMILES string of the molecule is O=C(NCCO)/C(=C\c1ccc(Oc2ccccc2Br)cc1)NC(=O)c1cccc(F)c1. The first-order valence-corrected chi connectivity index (χ1v) is 10.5. The molecule has 0 aromatic heterocycles. The number of hydrogen-bond donors (Lipinski definition) is 3. The van der Waals surface area contributed by atoms with Gasteiger partial charge in [0, 0.05) is 12.1 Å². The van der Waals surface area contributed by atoms with E-state index in [2.05, 4.69) is 26.6 Å². The van der Waals surface area contributed by atoms with Crippen molar-refractivity contribution in [1.29, 1.82) is 0 Å². The van der Waals surface area contributed by atoms with Gasteiger partial charge >= 0.3 is 0 Å². The van der Waals surface area contributed by atoms with E-state index < -0.39 is 17.6 Å². The van der Waals surface area contributed by atoms with Gasteiger partial charge in [0.2, 0.25) is 0 Å². The molecular formula is C24H20BrFN2O4. The first-order valence-electron chi connectivity index (χ1n) is 9.66. The predicted molar refractivity (Wildman–Crippen MR) is 123 cm³/mol. The summed E-state index contributed by atoms with van der Waals surface area (Å²) in [5.74, 6) is -0.541. The lowest BCUT2D eigenvalue weighted by molar-refractivity contribution is -0.117. The molecule has 0 unspecified atom stereocenters. The molecule has 32 heavy (non-hydrogen) atoms. The first-order chi connectivity index (χ1) is 15.5. The number of benzene rings is 3. The van der Waals surface area contributed by atoms with Crippen molar-refractivity contribution >= 4 is 33.8 Å². The van der Waals surface area contributed by atoms with E-state index in [1.165, 1.54) is 24.3 Å². The fourth-order valence-electron chi connectivity index (χ4n) is 2.70. The number of ether oxygens (including phenoxy) is 1. The van der Waals surface area contributed by atoms with Crippen molar-refractivity contribution in [3.63, 3.8) is 0 Å². The number of nitrogens with one attached hydrogen (secondary N) is 2. The second-order valence-corrected chi connectivity index (χ2v) is 7.46. The van der Waals surface area contributed by atoms with Crippen molar-refractivity contribution in [2.45, 2.75) is 0 Å². The normalized spacial score (nSPS) is 11.0. The van der Waals surface area contributed by atoms with Gasteiger partial charge in [0.1, 0.15) is 23.0 Å². The Morgan fingerprint density at radius 1 is 1.03 bits per heavy atom. The summed E-state index contributed by atoms with van der Waals surface area (Å²) in [6.45, 7) is -0.233. The van der Waals surface area contributed by atoms with Gasteiger partial charge in [-0.25, -0.2) is 4.39 Å². The Hall–Kier alpha value is -3.49. The number of rotatable bonds is 8. The van der Waals surface area contributed by atoms with Gasteiger partial charge in [-0.05, 0) is 70.0 Å². The molecule has 0 bridgehead atoms. The van der Waals surface area contributed by atoms with Crippen LogP contribution in [-0.4, -0.2) is 30.1 Å². The lowest BCUT2D eigenvalue weighted by Gasteiger charge is -2.11. The smallest absolute Gasteiger partial charge is 0.267 e. The molecule has 3 N–H and O–H groups in total. The molecular weight excluding hydrogens is 479 g/mol. The number of carbonyl (C=O) groups is 2. The van der Waals surface area contributed by atoms with Gasteiger partial charge < -0.3 is 20.5 Å². The second-order valence-electron chi connectivity index (χ2n) is 6.60. The van der Waals surface area contributed by atoms with Crippen LogP contribution in [0.1, 0.15) is 15.9 Å². The number of hydrogen-bond acceptors (Lipinski definition) is 4. The summed E-state index contributed by atoms with van der Waals surface area (Å²) in [7, 11) is 0. The van der Waals surface area contributed by atoms with Gasteiger partial charge in [-0.1, -0.05) is 30.3 Å². The standard InChI is InChI=1S/C24H20BrFN2O4/c25-20-6-1-2-7-22(20)32-19-10-8-16(9-11-19)14-21(24(31)27-12-13-29)28-23(30)17-4-3-5-18(26)15-17/h1-11,14-15,29H,12-13H2,(H,27,31)(H,28,30)/b21-14+. The van der Waals surface area contributed by atoms with Gasteiger partial charge in [0.15, 0.2) is 0 Å². The van der Waals surface area contributed by atoms with E-state index in [0.29, 0.717) is 17.1 Å². The number of amides is 2. The van der Waals surface area contributed by atoms with Crippen LogP contribution in [0.2, 0.25) is 0 Å². The molecule has 0 radical (unpaired) electrons. The fourth-order valence-corrected chi connectivity index (χ4v) is 3.07. The van der Waals surface area contributed by atoms with Crippen LogP contribution in [0.15, 0.2) is 83.0 Å². The van der Waals surface area contributed by atoms with Crippen molar-refractivity contribution in [2.75, 3.05) is 13.2 Å². The Labute approximate surface area is 192 Å². The summed E-state index contributed by atoms with van der Waals surface area (Å²) in [5.41, 5.74) is 0.647. The maximum absolute atomic E-state index is 13.4. The summed E-state index contributed by atoms with van der Waals surface area (Å²) >= 11 is 3.42. The highest BCUT2D eigenvalue weighted by Gasteiger charge is 2.15. The van der Waals surface area contributed by atoms with Crippen LogP contribution in [0.25, 0.3) is 6.08 Å². The van der Waals surface area contributed by atoms with Gasteiger partial charge in [-0.15, -0.1) is 0 Å². The van der Waals surface area contributed by atoms with Gasteiger partial charge in [-0.3, -0.25) is 9.59 Å². The molecule has 3 aromatic rings. The minimum absolute atomic E-state index is 0.0186. The van der Waals surface area contributed by atoms with Crippen LogP contribution in [0.4, 0.5) is 4.39 Å². The lowest BCUT2D eigenvalue weighted by atomic mass is 10.1. The molecule has 0 aliphatic heterocycles. The van der Waals surface area contributed by atoms with Crippen LogP contribution in [0.3, 0.4) is 0 Å². The Balaban J connectivity index is 1.80. The molecule has 2 amide bonds. The van der Waals surface area contributed by atoms with E-state index in [4.69, 9.17) is 9.84 Å². The topological polar surface area (TPSA) is 87.7 Å². The Kier molecular flexibility index (Phi) is 8.13. The zero-order valence-corrected chi connectivity index (χ0v) is 18.4. The average Bonchev–Trinajstić information content (AvgIpc) is 2.79. The summed E-state index contributed by atoms with van der Waals surface area (Å²) in [4.78, 5) is 25.0. The van der Waals surface area contributed by atoms with Crippen molar-refractivity contribution < 1.29 is 23.8 Å². The molecule has 164 valence electrons. The molecule has 0 atom stereocenters. The van der Waals surface area contributed by atoms with Gasteiger partial charge in [0.25, 0.3) is 11.8 Å². The Morgan fingerprint density at radius 2 is 1.78 bits per heavy atom. The summed E-state index contributed by atoms with van der Waals surface area (Å²) in [6.07, 6.45) is 1.48. The van der Waals surface area contributed by atoms with Crippen molar-refractivity contribution in [1.82, 2.24) is 10.6 Å². The van der Waals surface area contributed by atoms with E-state index in [1.807, 2.05) is 24.3 Å². The van der Waals surface area contributed by atoms with Gasteiger partial charge in [0.05, 0.1) is 11.1 Å². The minimum atomic E-state index is -0.635. The van der Waals surface area contributed by atoms with Crippen molar-refractivity contribution in [3.05, 3.63) is 99.9 Å². The van der Waals surface area contributed by atoms with E-state index >= 15 is 0 Å². The lowest BCUT2D eigenvalue weighted by Crippen LogP contribution is -2.36. The molecule has 0 aliphatic rings.